The van der Waals surface area contributed by atoms with Crippen molar-refractivity contribution in [3.63, 3.8) is 0 Å². The lowest BCUT2D eigenvalue weighted by Crippen LogP contribution is -2.34. The molecule has 31 heavy (non-hydrogen) atoms. The van der Waals surface area contributed by atoms with E-state index < -0.39 is 28.5 Å². The summed E-state index contributed by atoms with van der Waals surface area (Å²) in [6, 6.07) is 12.3. The molecule has 1 aliphatic rings. The van der Waals surface area contributed by atoms with Crippen LogP contribution in [0.4, 0.5) is 4.39 Å². The third-order valence-electron chi connectivity index (χ3n) is 4.60. The third kappa shape index (κ3) is 5.66. The number of fused-ring (bicyclic) bond motifs is 1. The zero-order valence-corrected chi connectivity index (χ0v) is 17.7. The Kier molecular flexibility index (Phi) is 7.01. The standard InChI is InChI=1S/C21H22FN3O5S/c1-2-25(13-15-6-5-7-16(22)12-15)19(26)14-30-20(27)10-11-23-21-17-8-3-4-9-18(17)31(28,29)24-21/h3-9,12H,2,10-11,13-14H2,1H3,(H,23,24). The number of hydrogen-bond donors (Lipinski definition) is 1. The minimum Gasteiger partial charge on any atom is -0.456 e. The van der Waals surface area contributed by atoms with Gasteiger partial charge in [0.15, 0.2) is 6.61 Å². The fraction of sp³-hybridized carbons (Fsp3) is 0.286. The number of aliphatic imine (C=N–C) groups is 1. The van der Waals surface area contributed by atoms with Crippen molar-refractivity contribution in [1.82, 2.24) is 9.62 Å². The molecule has 1 aliphatic heterocycles. The van der Waals surface area contributed by atoms with Gasteiger partial charge in [-0.2, -0.15) is 0 Å². The molecule has 1 amide bonds. The number of sulfonamides is 1. The van der Waals surface area contributed by atoms with Crippen molar-refractivity contribution in [1.29, 1.82) is 0 Å². The average molecular weight is 447 g/mol. The second kappa shape index (κ2) is 9.69. The number of nitrogens with one attached hydrogen (secondary N) is 1. The summed E-state index contributed by atoms with van der Waals surface area (Å²) in [5.41, 5.74) is 1.08. The minimum absolute atomic E-state index is 0.00000427. The van der Waals surface area contributed by atoms with Gasteiger partial charge in [0.1, 0.15) is 11.7 Å². The summed E-state index contributed by atoms with van der Waals surface area (Å²) in [6.07, 6.45) is -0.114. The van der Waals surface area contributed by atoms with Crippen LogP contribution in [-0.2, 0) is 30.9 Å². The number of carbonyl (C=O) groups excluding carboxylic acids is 2. The van der Waals surface area contributed by atoms with Crippen LogP contribution in [0.3, 0.4) is 0 Å². The second-order valence-electron chi connectivity index (χ2n) is 6.78. The van der Waals surface area contributed by atoms with Gasteiger partial charge in [0, 0.05) is 18.7 Å². The predicted octanol–water partition coefficient (Wildman–Crippen LogP) is 1.85. The maximum absolute atomic E-state index is 13.3. The monoisotopic (exact) mass is 447 g/mol. The van der Waals surface area contributed by atoms with E-state index in [0.717, 1.165) is 0 Å². The Morgan fingerprint density at radius 2 is 1.94 bits per heavy atom. The highest BCUT2D eigenvalue weighted by atomic mass is 32.2. The number of halogens is 1. The first-order chi connectivity index (χ1) is 14.8. The van der Waals surface area contributed by atoms with Gasteiger partial charge >= 0.3 is 5.97 Å². The fourth-order valence-electron chi connectivity index (χ4n) is 3.05. The Bertz CT molecular complexity index is 1120. The largest absolute Gasteiger partial charge is 0.456 e. The Morgan fingerprint density at radius 3 is 2.68 bits per heavy atom. The predicted molar refractivity (Wildman–Crippen MR) is 111 cm³/mol. The summed E-state index contributed by atoms with van der Waals surface area (Å²) in [6.45, 7) is 1.92. The van der Waals surface area contributed by atoms with E-state index in [2.05, 4.69) is 9.71 Å². The molecule has 1 heterocycles. The molecule has 164 valence electrons. The molecular weight excluding hydrogens is 425 g/mol. The van der Waals surface area contributed by atoms with Crippen LogP contribution >= 0.6 is 0 Å². The molecule has 1 N–H and O–H groups in total. The zero-order valence-electron chi connectivity index (χ0n) is 16.9. The van der Waals surface area contributed by atoms with E-state index in [1.807, 2.05) is 0 Å². The Morgan fingerprint density at radius 1 is 1.16 bits per heavy atom. The van der Waals surface area contributed by atoms with Crippen molar-refractivity contribution in [2.24, 2.45) is 4.99 Å². The minimum atomic E-state index is -3.64. The first-order valence-corrected chi connectivity index (χ1v) is 11.1. The third-order valence-corrected chi connectivity index (χ3v) is 6.00. The first-order valence-electron chi connectivity index (χ1n) is 9.64. The van der Waals surface area contributed by atoms with Crippen molar-refractivity contribution < 1.29 is 27.1 Å². The van der Waals surface area contributed by atoms with Gasteiger partial charge in [-0.05, 0) is 36.8 Å². The van der Waals surface area contributed by atoms with Gasteiger partial charge in [-0.25, -0.2) is 12.8 Å². The normalized spacial score (nSPS) is 15.2. The average Bonchev–Trinajstić information content (AvgIpc) is 3.01. The van der Waals surface area contributed by atoms with E-state index >= 15 is 0 Å². The van der Waals surface area contributed by atoms with Crippen LogP contribution in [0.1, 0.15) is 24.5 Å². The van der Waals surface area contributed by atoms with Crippen LogP contribution in [-0.4, -0.2) is 50.7 Å². The summed E-state index contributed by atoms with van der Waals surface area (Å²) < 4.78 is 44.7. The van der Waals surface area contributed by atoms with E-state index in [0.29, 0.717) is 17.7 Å². The highest BCUT2D eigenvalue weighted by Gasteiger charge is 2.30. The van der Waals surface area contributed by atoms with Gasteiger partial charge in [0.05, 0.1) is 17.9 Å². The Hall–Kier alpha value is -3.27. The molecule has 0 saturated heterocycles. The summed E-state index contributed by atoms with van der Waals surface area (Å²) in [7, 11) is -3.64. The molecule has 10 heteroatoms. The lowest BCUT2D eigenvalue weighted by Gasteiger charge is -2.20. The molecule has 0 spiro atoms. The number of ether oxygens (including phenoxy) is 1. The van der Waals surface area contributed by atoms with Gasteiger partial charge in [-0.15, -0.1) is 0 Å². The summed E-state index contributed by atoms with van der Waals surface area (Å²) in [4.78, 5) is 30.0. The van der Waals surface area contributed by atoms with Crippen molar-refractivity contribution in [3.8, 4) is 0 Å². The zero-order chi connectivity index (χ0) is 22.4. The molecule has 0 saturated carbocycles. The van der Waals surface area contributed by atoms with E-state index in [-0.39, 0.29) is 36.1 Å². The van der Waals surface area contributed by atoms with Crippen LogP contribution in [0.25, 0.3) is 0 Å². The number of carbonyl (C=O) groups is 2. The Labute approximate surface area is 179 Å². The van der Waals surface area contributed by atoms with Crippen LogP contribution in [0.2, 0.25) is 0 Å². The highest BCUT2D eigenvalue weighted by molar-refractivity contribution is 7.90. The molecule has 3 rings (SSSR count). The molecule has 8 nitrogen and oxygen atoms in total. The number of nitrogens with zero attached hydrogens (tertiary/aromatic N) is 2. The summed E-state index contributed by atoms with van der Waals surface area (Å²) in [5, 5.41) is 0. The van der Waals surface area contributed by atoms with Crippen molar-refractivity contribution >= 4 is 27.7 Å². The summed E-state index contributed by atoms with van der Waals surface area (Å²) >= 11 is 0. The SMILES string of the molecule is CCN(Cc1cccc(F)c1)C(=O)COC(=O)CCN=C1NS(=O)(=O)c2ccccc21. The van der Waals surface area contributed by atoms with Gasteiger partial charge in [-0.1, -0.05) is 24.3 Å². The molecule has 0 fully saturated rings. The first kappa shape index (κ1) is 22.4. The van der Waals surface area contributed by atoms with Crippen molar-refractivity contribution in [3.05, 3.63) is 65.5 Å². The van der Waals surface area contributed by atoms with E-state index in [9.17, 15) is 22.4 Å². The van der Waals surface area contributed by atoms with E-state index in [1.165, 1.54) is 23.1 Å². The number of rotatable bonds is 8. The van der Waals surface area contributed by atoms with E-state index in [1.54, 1.807) is 37.3 Å². The molecule has 0 unspecified atom stereocenters. The number of amides is 1. The molecule has 2 aromatic rings. The van der Waals surface area contributed by atoms with Crippen LogP contribution in [0.5, 0.6) is 0 Å². The van der Waals surface area contributed by atoms with Crippen LogP contribution in [0, 0.1) is 5.82 Å². The van der Waals surface area contributed by atoms with Gasteiger partial charge in [0.25, 0.3) is 15.9 Å². The summed E-state index contributed by atoms with van der Waals surface area (Å²) in [5.74, 6) is -1.24. The molecule has 0 radical (unpaired) electrons. The maximum Gasteiger partial charge on any atom is 0.308 e. The lowest BCUT2D eigenvalue weighted by molar-refractivity contribution is -0.152. The van der Waals surface area contributed by atoms with Crippen LogP contribution in [0.15, 0.2) is 58.4 Å². The second-order valence-corrected chi connectivity index (χ2v) is 8.43. The Balaban J connectivity index is 1.49. The fourth-order valence-corrected chi connectivity index (χ4v) is 4.30. The molecule has 0 aliphatic carbocycles. The van der Waals surface area contributed by atoms with Gasteiger partial charge in [-0.3, -0.25) is 19.3 Å². The van der Waals surface area contributed by atoms with Crippen molar-refractivity contribution in [2.45, 2.75) is 24.8 Å². The maximum atomic E-state index is 13.3. The number of benzene rings is 2. The lowest BCUT2D eigenvalue weighted by atomic mass is 10.2. The highest BCUT2D eigenvalue weighted by Crippen LogP contribution is 2.22. The van der Waals surface area contributed by atoms with Crippen LogP contribution < -0.4 is 4.72 Å². The molecule has 0 atom stereocenters. The molecule has 0 aromatic heterocycles. The molecular formula is C21H22FN3O5S. The quantitative estimate of drug-likeness (QED) is 0.622. The van der Waals surface area contributed by atoms with Crippen molar-refractivity contribution in [2.75, 3.05) is 19.7 Å². The number of hydrogen-bond acceptors (Lipinski definition) is 6. The van der Waals surface area contributed by atoms with Gasteiger partial charge < -0.3 is 9.64 Å². The number of likely N-dealkylation sites (N-methyl/N-ethyl adjacent to an activating group) is 1. The van der Waals surface area contributed by atoms with E-state index in [4.69, 9.17) is 4.74 Å². The van der Waals surface area contributed by atoms with Gasteiger partial charge in [0.2, 0.25) is 0 Å². The topological polar surface area (TPSA) is 105 Å². The molecule has 0 bridgehead atoms. The smallest absolute Gasteiger partial charge is 0.308 e. The number of amidine groups is 1. The molecule has 2 aromatic carbocycles. The number of esters is 1.